The van der Waals surface area contributed by atoms with Gasteiger partial charge in [-0.2, -0.15) is 0 Å². The van der Waals surface area contributed by atoms with Gasteiger partial charge >= 0.3 is 5.97 Å². The van der Waals surface area contributed by atoms with Crippen LogP contribution in [-0.4, -0.2) is 29.1 Å². The van der Waals surface area contributed by atoms with Gasteiger partial charge in [0, 0.05) is 18.8 Å². The number of thiocarbonyl (C=S) groups is 1. The van der Waals surface area contributed by atoms with Gasteiger partial charge in [-0.05, 0) is 54.9 Å². The summed E-state index contributed by atoms with van der Waals surface area (Å²) in [5, 5.41) is 3.90. The second kappa shape index (κ2) is 7.45. The first-order valence-corrected chi connectivity index (χ1v) is 8.48. The van der Waals surface area contributed by atoms with E-state index in [-0.39, 0.29) is 5.97 Å². The van der Waals surface area contributed by atoms with Gasteiger partial charge in [0.15, 0.2) is 5.11 Å². The van der Waals surface area contributed by atoms with Crippen molar-refractivity contribution in [3.8, 4) is 0 Å². The summed E-state index contributed by atoms with van der Waals surface area (Å²) in [6, 6.07) is 15.7. The molecule has 0 saturated carbocycles. The molecule has 0 aliphatic carbocycles. The fourth-order valence-electron chi connectivity index (χ4n) is 2.81. The van der Waals surface area contributed by atoms with E-state index >= 15 is 0 Å². The maximum absolute atomic E-state index is 11.8. The number of esters is 1. The lowest BCUT2D eigenvalue weighted by atomic mass is 10.0. The first kappa shape index (κ1) is 16.5. The van der Waals surface area contributed by atoms with Crippen molar-refractivity contribution in [2.45, 2.75) is 19.9 Å². The Balaban J connectivity index is 1.67. The van der Waals surface area contributed by atoms with Crippen LogP contribution in [0.15, 0.2) is 48.5 Å². The minimum absolute atomic E-state index is 0.320. The molecule has 2 aromatic rings. The number of nitrogens with one attached hydrogen (secondary N) is 1. The average Bonchev–Trinajstić information content (AvgIpc) is 2.61. The first-order chi connectivity index (χ1) is 11.7. The summed E-state index contributed by atoms with van der Waals surface area (Å²) in [5.41, 5.74) is 4.02. The van der Waals surface area contributed by atoms with Crippen molar-refractivity contribution in [3.63, 3.8) is 0 Å². The SMILES string of the molecule is CCOC(=O)c1cccc(NC(=S)N2CCc3ccccc3C2)c1. The summed E-state index contributed by atoms with van der Waals surface area (Å²) in [5.74, 6) is -0.320. The third-order valence-corrected chi connectivity index (χ3v) is 4.40. The van der Waals surface area contributed by atoms with Crippen molar-refractivity contribution in [3.05, 3.63) is 65.2 Å². The van der Waals surface area contributed by atoms with Crippen molar-refractivity contribution in [2.24, 2.45) is 0 Å². The molecule has 0 unspecified atom stereocenters. The van der Waals surface area contributed by atoms with Crippen LogP contribution in [0.2, 0.25) is 0 Å². The van der Waals surface area contributed by atoms with E-state index in [1.807, 2.05) is 12.1 Å². The van der Waals surface area contributed by atoms with Crippen molar-refractivity contribution in [1.82, 2.24) is 4.90 Å². The lowest BCUT2D eigenvalue weighted by molar-refractivity contribution is 0.0526. The number of nitrogens with zero attached hydrogens (tertiary/aromatic N) is 1. The number of ether oxygens (including phenoxy) is 1. The van der Waals surface area contributed by atoms with Crippen LogP contribution >= 0.6 is 12.2 Å². The molecule has 0 aromatic heterocycles. The van der Waals surface area contributed by atoms with E-state index in [9.17, 15) is 4.79 Å². The molecular formula is C19H20N2O2S. The Kier molecular flexibility index (Phi) is 5.11. The van der Waals surface area contributed by atoms with Crippen LogP contribution in [0.5, 0.6) is 0 Å². The average molecular weight is 340 g/mol. The minimum atomic E-state index is -0.320. The molecule has 24 heavy (non-hydrogen) atoms. The minimum Gasteiger partial charge on any atom is -0.462 e. The number of fused-ring (bicyclic) bond motifs is 1. The highest BCUT2D eigenvalue weighted by molar-refractivity contribution is 7.80. The highest BCUT2D eigenvalue weighted by Gasteiger charge is 2.18. The van der Waals surface area contributed by atoms with Gasteiger partial charge in [-0.1, -0.05) is 30.3 Å². The maximum Gasteiger partial charge on any atom is 0.338 e. The second-order valence-electron chi connectivity index (χ2n) is 5.67. The van der Waals surface area contributed by atoms with Gasteiger partial charge < -0.3 is 15.0 Å². The lowest BCUT2D eigenvalue weighted by Gasteiger charge is -2.31. The van der Waals surface area contributed by atoms with Crippen molar-refractivity contribution in [2.75, 3.05) is 18.5 Å². The molecule has 4 nitrogen and oxygen atoms in total. The fourth-order valence-corrected chi connectivity index (χ4v) is 3.08. The van der Waals surface area contributed by atoms with E-state index in [4.69, 9.17) is 17.0 Å². The highest BCUT2D eigenvalue weighted by Crippen LogP contribution is 2.20. The lowest BCUT2D eigenvalue weighted by Crippen LogP contribution is -2.38. The summed E-state index contributed by atoms with van der Waals surface area (Å²) in [6.07, 6.45) is 0.987. The molecule has 0 radical (unpaired) electrons. The van der Waals surface area contributed by atoms with Gasteiger partial charge in [0.2, 0.25) is 0 Å². The van der Waals surface area contributed by atoms with Gasteiger partial charge in [-0.15, -0.1) is 0 Å². The van der Waals surface area contributed by atoms with Crippen LogP contribution in [0.4, 0.5) is 5.69 Å². The molecule has 0 atom stereocenters. The molecule has 1 aliphatic heterocycles. The van der Waals surface area contributed by atoms with Gasteiger partial charge in [-0.3, -0.25) is 0 Å². The Morgan fingerprint density at radius 3 is 2.79 bits per heavy atom. The standard InChI is InChI=1S/C19H20N2O2S/c1-2-23-18(22)15-8-5-9-17(12-15)20-19(24)21-11-10-14-6-3-4-7-16(14)13-21/h3-9,12H,2,10-11,13H2,1H3,(H,20,24). The molecule has 3 rings (SSSR count). The van der Waals surface area contributed by atoms with Crippen molar-refractivity contribution in [1.29, 1.82) is 0 Å². The van der Waals surface area contributed by atoms with Crippen LogP contribution in [-0.2, 0) is 17.7 Å². The monoisotopic (exact) mass is 340 g/mol. The van der Waals surface area contributed by atoms with Crippen LogP contribution < -0.4 is 5.32 Å². The molecule has 0 bridgehead atoms. The summed E-state index contributed by atoms with van der Waals surface area (Å²) < 4.78 is 5.03. The van der Waals surface area contributed by atoms with E-state index in [2.05, 4.69) is 34.5 Å². The molecule has 1 N–H and O–H groups in total. The highest BCUT2D eigenvalue weighted by atomic mass is 32.1. The van der Waals surface area contributed by atoms with Crippen LogP contribution in [0, 0.1) is 0 Å². The van der Waals surface area contributed by atoms with E-state index in [0.717, 1.165) is 25.2 Å². The molecule has 124 valence electrons. The molecule has 0 spiro atoms. The van der Waals surface area contributed by atoms with E-state index < -0.39 is 0 Å². The fraction of sp³-hybridized carbons (Fsp3) is 0.263. The predicted molar refractivity (Wildman–Crippen MR) is 99.2 cm³/mol. The third-order valence-electron chi connectivity index (χ3n) is 4.04. The van der Waals surface area contributed by atoms with Crippen LogP contribution in [0.1, 0.15) is 28.4 Å². The molecule has 5 heteroatoms. The number of benzene rings is 2. The van der Waals surface area contributed by atoms with Gasteiger partial charge in [-0.25, -0.2) is 4.79 Å². The van der Waals surface area contributed by atoms with Crippen molar-refractivity contribution >= 4 is 29.0 Å². The van der Waals surface area contributed by atoms with Gasteiger partial charge in [0.05, 0.1) is 12.2 Å². The third kappa shape index (κ3) is 3.74. The molecule has 1 heterocycles. The molecule has 0 amide bonds. The number of carbonyl (C=O) groups excluding carboxylic acids is 1. The Bertz CT molecular complexity index is 761. The summed E-state index contributed by atoms with van der Waals surface area (Å²) in [7, 11) is 0. The van der Waals surface area contributed by atoms with Gasteiger partial charge in [0.1, 0.15) is 0 Å². The summed E-state index contributed by atoms with van der Waals surface area (Å²) in [4.78, 5) is 14.0. The normalized spacial score (nSPS) is 13.1. The summed E-state index contributed by atoms with van der Waals surface area (Å²) >= 11 is 5.54. The maximum atomic E-state index is 11.8. The molecule has 2 aromatic carbocycles. The molecular weight excluding hydrogens is 320 g/mol. The Hall–Kier alpha value is -2.40. The zero-order valence-electron chi connectivity index (χ0n) is 13.6. The first-order valence-electron chi connectivity index (χ1n) is 8.07. The molecule has 0 saturated heterocycles. The number of rotatable bonds is 3. The Morgan fingerprint density at radius 2 is 2.00 bits per heavy atom. The summed E-state index contributed by atoms with van der Waals surface area (Å²) in [6.45, 7) is 3.85. The Morgan fingerprint density at radius 1 is 1.21 bits per heavy atom. The number of hydrogen-bond acceptors (Lipinski definition) is 3. The van der Waals surface area contributed by atoms with E-state index in [1.54, 1.807) is 19.1 Å². The smallest absolute Gasteiger partial charge is 0.338 e. The zero-order valence-corrected chi connectivity index (χ0v) is 14.4. The van der Waals surface area contributed by atoms with Crippen LogP contribution in [0.25, 0.3) is 0 Å². The predicted octanol–water partition coefficient (Wildman–Crippen LogP) is 3.62. The largest absolute Gasteiger partial charge is 0.462 e. The molecule has 0 fully saturated rings. The quantitative estimate of drug-likeness (QED) is 0.683. The molecule has 1 aliphatic rings. The van der Waals surface area contributed by atoms with E-state index in [1.165, 1.54) is 11.1 Å². The zero-order chi connectivity index (χ0) is 16.9. The van der Waals surface area contributed by atoms with Crippen molar-refractivity contribution < 1.29 is 9.53 Å². The van der Waals surface area contributed by atoms with Crippen LogP contribution in [0.3, 0.4) is 0 Å². The Labute approximate surface area is 147 Å². The topological polar surface area (TPSA) is 41.6 Å². The van der Waals surface area contributed by atoms with Gasteiger partial charge in [0.25, 0.3) is 0 Å². The number of anilines is 1. The number of hydrogen-bond donors (Lipinski definition) is 1. The second-order valence-corrected chi connectivity index (χ2v) is 6.06. The number of carbonyl (C=O) groups is 1. The van der Waals surface area contributed by atoms with E-state index in [0.29, 0.717) is 17.3 Å².